The van der Waals surface area contributed by atoms with Crippen LogP contribution in [0.1, 0.15) is 27.7 Å². The van der Waals surface area contributed by atoms with Crippen molar-refractivity contribution in [2.24, 2.45) is 9.98 Å². The predicted octanol–water partition coefficient (Wildman–Crippen LogP) is 3.89. The molecule has 0 aromatic carbocycles. The van der Waals surface area contributed by atoms with Crippen LogP contribution >= 0.6 is 7.55 Å². The van der Waals surface area contributed by atoms with E-state index in [1.165, 1.54) is 5.31 Å². The summed E-state index contributed by atoms with van der Waals surface area (Å²) in [6.07, 6.45) is 8.06. The Morgan fingerprint density at radius 2 is 2.12 bits per heavy atom. The van der Waals surface area contributed by atoms with Crippen LogP contribution in [0, 0.1) is 0 Å². The Labute approximate surface area is 100 Å². The molecule has 0 saturated heterocycles. The maximum absolute atomic E-state index is 4.54. The van der Waals surface area contributed by atoms with Gasteiger partial charge >= 0.3 is 0 Å². The highest BCUT2D eigenvalue weighted by molar-refractivity contribution is 7.75. The van der Waals surface area contributed by atoms with Crippen molar-refractivity contribution >= 4 is 25.5 Å². The van der Waals surface area contributed by atoms with Crippen LogP contribution in [-0.4, -0.2) is 30.6 Å². The second kappa shape index (κ2) is 8.18. The minimum atomic E-state index is -0.571. The summed E-state index contributed by atoms with van der Waals surface area (Å²) in [5.41, 5.74) is 1.04. The maximum atomic E-state index is 4.54. The Morgan fingerprint density at radius 3 is 2.56 bits per heavy atom. The Bertz CT molecular complexity index is 338. The first-order valence-electron chi connectivity index (χ1n) is 5.50. The van der Waals surface area contributed by atoms with E-state index < -0.39 is 7.55 Å². The van der Waals surface area contributed by atoms with Gasteiger partial charge in [0.2, 0.25) is 5.96 Å². The van der Waals surface area contributed by atoms with Gasteiger partial charge in [-0.15, -0.1) is 6.58 Å². The lowest BCUT2D eigenvalue weighted by Gasteiger charge is -2.01. The maximum Gasteiger partial charge on any atom is 0.202 e. The van der Waals surface area contributed by atoms with Crippen LogP contribution in [0.2, 0.25) is 0 Å². The van der Waals surface area contributed by atoms with E-state index in [4.69, 9.17) is 0 Å². The second-order valence-corrected chi connectivity index (χ2v) is 5.10. The first-order valence-corrected chi connectivity index (χ1v) is 7.09. The molecule has 0 fully saturated rings. The molecule has 0 rings (SSSR count). The van der Waals surface area contributed by atoms with Gasteiger partial charge in [-0.1, -0.05) is 6.08 Å². The normalized spacial score (nSPS) is 16.4. The molecular weight excluding hydrogens is 215 g/mol. The zero-order valence-electron chi connectivity index (χ0n) is 10.8. The van der Waals surface area contributed by atoms with Crippen LogP contribution in [0.3, 0.4) is 0 Å². The van der Waals surface area contributed by atoms with Crippen LogP contribution in [0.5, 0.6) is 0 Å². The lowest BCUT2D eigenvalue weighted by atomic mass is 10.3. The summed E-state index contributed by atoms with van der Waals surface area (Å²) in [4.78, 5) is 8.79. The third kappa shape index (κ3) is 5.18. The minimum absolute atomic E-state index is 0.154. The number of nitrogens with zero attached hydrogens (tertiary/aromatic N) is 2. The third-order valence-electron chi connectivity index (χ3n) is 2.10. The number of aliphatic imine (C=N–C) groups is 2. The Kier molecular flexibility index (Phi) is 7.66. The van der Waals surface area contributed by atoms with E-state index in [2.05, 4.69) is 28.9 Å². The molecule has 2 atom stereocenters. The van der Waals surface area contributed by atoms with E-state index >= 15 is 0 Å². The molecule has 0 aliphatic carbocycles. The molecule has 0 aliphatic heterocycles. The zero-order valence-corrected chi connectivity index (χ0v) is 11.7. The molecule has 0 spiro atoms. The summed E-state index contributed by atoms with van der Waals surface area (Å²) >= 11 is 0. The van der Waals surface area contributed by atoms with Gasteiger partial charge in [-0.3, -0.25) is 9.98 Å². The number of allylic oxidation sites excluding steroid dienone is 2. The van der Waals surface area contributed by atoms with Gasteiger partial charge in [0.25, 0.3) is 0 Å². The van der Waals surface area contributed by atoms with Crippen LogP contribution in [-0.2, 0) is 0 Å². The molecule has 0 bridgehead atoms. The standard InChI is InChI=1S/C13H22N2P/c1-7-11(4)15-12(5)13(8-2)16(6)10-14-9-3/h7-8,10-11H,1,6,9H2,2-5H3/q+1/b13-8+,14-10?,15-12?. The van der Waals surface area contributed by atoms with Crippen molar-refractivity contribution in [3.8, 4) is 0 Å². The molecule has 2 nitrogen and oxygen atoms in total. The van der Waals surface area contributed by atoms with E-state index in [0.717, 1.165) is 12.3 Å². The first-order chi connectivity index (χ1) is 7.56. The fourth-order valence-corrected chi connectivity index (χ4v) is 2.54. The van der Waals surface area contributed by atoms with E-state index in [0.29, 0.717) is 0 Å². The van der Waals surface area contributed by atoms with Gasteiger partial charge in [-0.25, -0.2) is 0 Å². The molecule has 0 amide bonds. The second-order valence-electron chi connectivity index (χ2n) is 3.45. The number of rotatable bonds is 6. The summed E-state index contributed by atoms with van der Waals surface area (Å²) in [6, 6.07) is 0.154. The molecule has 88 valence electrons. The van der Waals surface area contributed by atoms with E-state index in [1.807, 2.05) is 39.7 Å². The quantitative estimate of drug-likeness (QED) is 0.380. The van der Waals surface area contributed by atoms with Crippen molar-refractivity contribution in [3.63, 3.8) is 0 Å². The van der Waals surface area contributed by atoms with Crippen molar-refractivity contribution in [1.29, 1.82) is 0 Å². The highest BCUT2D eigenvalue weighted by Gasteiger charge is 2.15. The lowest BCUT2D eigenvalue weighted by Crippen LogP contribution is -2.01. The first kappa shape index (κ1) is 15.0. The Hall–Kier alpha value is -1.01. The van der Waals surface area contributed by atoms with Gasteiger partial charge < -0.3 is 0 Å². The van der Waals surface area contributed by atoms with E-state index in [9.17, 15) is 0 Å². The molecule has 0 radical (unpaired) electrons. The SMILES string of the molecule is C=CC(C)N=C(C)/C(=C\C)[P+](=C)C=NCC. The van der Waals surface area contributed by atoms with Crippen LogP contribution in [0.25, 0.3) is 0 Å². The molecule has 0 aromatic rings. The van der Waals surface area contributed by atoms with Crippen molar-refractivity contribution in [2.45, 2.75) is 33.7 Å². The zero-order chi connectivity index (χ0) is 12.6. The molecule has 0 aliphatic rings. The molecule has 0 saturated carbocycles. The van der Waals surface area contributed by atoms with Crippen LogP contribution in [0.15, 0.2) is 34.0 Å². The van der Waals surface area contributed by atoms with Crippen molar-refractivity contribution in [2.75, 3.05) is 6.54 Å². The van der Waals surface area contributed by atoms with Gasteiger partial charge in [0.15, 0.2) is 12.9 Å². The topological polar surface area (TPSA) is 24.7 Å². The molecule has 16 heavy (non-hydrogen) atoms. The number of hydrogen-bond acceptors (Lipinski definition) is 2. The van der Waals surface area contributed by atoms with Crippen molar-refractivity contribution < 1.29 is 0 Å². The Balaban J connectivity index is 4.88. The molecule has 0 heterocycles. The molecule has 3 heteroatoms. The summed E-state index contributed by atoms with van der Waals surface area (Å²) in [6.45, 7) is 12.6. The predicted molar refractivity (Wildman–Crippen MR) is 79.6 cm³/mol. The van der Waals surface area contributed by atoms with Gasteiger partial charge in [0.05, 0.1) is 18.1 Å². The molecule has 2 unspecified atom stereocenters. The highest BCUT2D eigenvalue weighted by atomic mass is 31.1. The van der Waals surface area contributed by atoms with Gasteiger partial charge in [-0.2, -0.15) is 0 Å². The van der Waals surface area contributed by atoms with Crippen LogP contribution in [0.4, 0.5) is 0 Å². The van der Waals surface area contributed by atoms with Gasteiger partial charge in [-0.05, 0) is 33.8 Å². The monoisotopic (exact) mass is 237 g/mol. The largest absolute Gasteiger partial charge is 0.278 e. The highest BCUT2D eigenvalue weighted by Crippen LogP contribution is 2.30. The average Bonchev–Trinajstić information content (AvgIpc) is 2.26. The van der Waals surface area contributed by atoms with Crippen molar-refractivity contribution in [1.82, 2.24) is 0 Å². The van der Waals surface area contributed by atoms with E-state index in [-0.39, 0.29) is 6.04 Å². The smallest absolute Gasteiger partial charge is 0.202 e. The molecule has 0 N–H and O–H groups in total. The minimum Gasteiger partial charge on any atom is -0.278 e. The van der Waals surface area contributed by atoms with Crippen molar-refractivity contribution in [3.05, 3.63) is 24.0 Å². The fourth-order valence-electron chi connectivity index (χ4n) is 1.25. The number of hydrogen-bond donors (Lipinski definition) is 0. The summed E-state index contributed by atoms with van der Waals surface area (Å²) in [7, 11) is -0.571. The fraction of sp³-hybridized carbons (Fsp3) is 0.462. The van der Waals surface area contributed by atoms with Gasteiger partial charge in [0.1, 0.15) is 0 Å². The summed E-state index contributed by atoms with van der Waals surface area (Å²) in [5.74, 6) is 1.95. The third-order valence-corrected chi connectivity index (χ3v) is 3.74. The lowest BCUT2D eigenvalue weighted by molar-refractivity contribution is 0.929. The average molecular weight is 237 g/mol. The Morgan fingerprint density at radius 1 is 1.50 bits per heavy atom. The van der Waals surface area contributed by atoms with E-state index in [1.54, 1.807) is 0 Å². The van der Waals surface area contributed by atoms with Crippen LogP contribution < -0.4 is 0 Å². The summed E-state index contributed by atoms with van der Waals surface area (Å²) < 4.78 is 0. The molecular formula is C13H22N2P+. The van der Waals surface area contributed by atoms with Gasteiger partial charge in [0, 0.05) is 6.54 Å². The summed E-state index contributed by atoms with van der Waals surface area (Å²) in [5, 5.41) is 1.20. The molecule has 0 aromatic heterocycles.